The number of carbonyl (C=O) groups excluding carboxylic acids is 2. The van der Waals surface area contributed by atoms with Crippen molar-refractivity contribution >= 4 is 12.0 Å². The number of hydrogen-bond donors (Lipinski definition) is 1. The summed E-state index contributed by atoms with van der Waals surface area (Å²) in [6.07, 6.45) is 4.16. The van der Waals surface area contributed by atoms with E-state index in [2.05, 4.69) is 12.2 Å². The van der Waals surface area contributed by atoms with Crippen LogP contribution in [0.1, 0.15) is 66.7 Å². The molecule has 1 fully saturated rings. The monoisotopic (exact) mass is 312 g/mol. The first-order valence-electron chi connectivity index (χ1n) is 8.48. The number of ether oxygens (including phenoxy) is 1. The molecule has 1 rings (SSSR count). The van der Waals surface area contributed by atoms with Crippen molar-refractivity contribution in [1.82, 2.24) is 10.2 Å². The average Bonchev–Trinajstić information content (AvgIpc) is 2.37. The molecule has 1 N–H and O–H groups in total. The van der Waals surface area contributed by atoms with Crippen molar-refractivity contribution in [2.75, 3.05) is 13.1 Å². The molecule has 5 heteroatoms. The summed E-state index contributed by atoms with van der Waals surface area (Å²) in [5.74, 6) is 0.504. The van der Waals surface area contributed by atoms with E-state index in [9.17, 15) is 9.59 Å². The summed E-state index contributed by atoms with van der Waals surface area (Å²) in [5.41, 5.74) is -0.455. The number of piperidine rings is 1. The molecular formula is C17H32N2O3. The average molecular weight is 312 g/mol. The van der Waals surface area contributed by atoms with Crippen LogP contribution in [0, 0.1) is 5.92 Å². The summed E-state index contributed by atoms with van der Waals surface area (Å²) >= 11 is 0. The van der Waals surface area contributed by atoms with Crippen LogP contribution in [0.2, 0.25) is 0 Å². The van der Waals surface area contributed by atoms with Gasteiger partial charge in [-0.05, 0) is 52.9 Å². The maximum atomic E-state index is 12.0. The Morgan fingerprint density at radius 3 is 2.36 bits per heavy atom. The van der Waals surface area contributed by atoms with E-state index in [0.29, 0.717) is 25.4 Å². The number of likely N-dealkylation sites (tertiary alicyclic amines) is 1. The highest BCUT2D eigenvalue weighted by molar-refractivity contribution is 5.76. The second-order valence-corrected chi connectivity index (χ2v) is 7.37. The highest BCUT2D eigenvalue weighted by Gasteiger charge is 2.27. The van der Waals surface area contributed by atoms with Crippen LogP contribution in [0.25, 0.3) is 0 Å². The number of rotatable bonds is 5. The largest absolute Gasteiger partial charge is 0.444 e. The lowest BCUT2D eigenvalue weighted by Crippen LogP contribution is -2.42. The molecule has 22 heavy (non-hydrogen) atoms. The Balaban J connectivity index is 2.30. The predicted molar refractivity (Wildman–Crippen MR) is 87.7 cm³/mol. The van der Waals surface area contributed by atoms with Crippen molar-refractivity contribution < 1.29 is 14.3 Å². The van der Waals surface area contributed by atoms with Crippen LogP contribution < -0.4 is 5.32 Å². The highest BCUT2D eigenvalue weighted by Crippen LogP contribution is 2.22. The number of carbonyl (C=O) groups is 2. The molecule has 1 heterocycles. The first kappa shape index (κ1) is 18.8. The molecule has 0 aromatic heterocycles. The number of nitrogens with zero attached hydrogens (tertiary/aromatic N) is 1. The first-order valence-corrected chi connectivity index (χ1v) is 8.48. The SMILES string of the molecule is CCCC(C)NC(=O)CC1CCN(C(=O)OC(C)(C)C)CC1. The summed E-state index contributed by atoms with van der Waals surface area (Å²) in [6.45, 7) is 11.1. The zero-order valence-electron chi connectivity index (χ0n) is 14.8. The van der Waals surface area contributed by atoms with Crippen LogP contribution >= 0.6 is 0 Å². The highest BCUT2D eigenvalue weighted by atomic mass is 16.6. The molecule has 1 aliphatic heterocycles. The van der Waals surface area contributed by atoms with Crippen molar-refractivity contribution in [3.8, 4) is 0 Å². The third-order valence-corrected chi connectivity index (χ3v) is 3.87. The molecule has 2 amide bonds. The summed E-state index contributed by atoms with van der Waals surface area (Å²) < 4.78 is 5.38. The van der Waals surface area contributed by atoms with Gasteiger partial charge in [-0.15, -0.1) is 0 Å². The molecule has 5 nitrogen and oxygen atoms in total. The van der Waals surface area contributed by atoms with E-state index < -0.39 is 5.60 Å². The van der Waals surface area contributed by atoms with Crippen molar-refractivity contribution in [3.05, 3.63) is 0 Å². The predicted octanol–water partition coefficient (Wildman–Crippen LogP) is 3.33. The van der Waals surface area contributed by atoms with Crippen LogP contribution in [0.15, 0.2) is 0 Å². The van der Waals surface area contributed by atoms with E-state index in [0.717, 1.165) is 25.7 Å². The lowest BCUT2D eigenvalue weighted by Gasteiger charge is -2.33. The van der Waals surface area contributed by atoms with Crippen LogP contribution in [-0.2, 0) is 9.53 Å². The van der Waals surface area contributed by atoms with E-state index in [4.69, 9.17) is 4.74 Å². The van der Waals surface area contributed by atoms with Gasteiger partial charge in [0.05, 0.1) is 0 Å². The normalized spacial score (nSPS) is 18.0. The molecule has 1 aliphatic rings. The van der Waals surface area contributed by atoms with Crippen molar-refractivity contribution in [2.45, 2.75) is 78.4 Å². The van der Waals surface area contributed by atoms with Crippen LogP contribution in [0.4, 0.5) is 4.79 Å². The summed E-state index contributed by atoms with van der Waals surface area (Å²) in [4.78, 5) is 25.7. The van der Waals surface area contributed by atoms with Crippen molar-refractivity contribution in [3.63, 3.8) is 0 Å². The van der Waals surface area contributed by atoms with Gasteiger partial charge in [0.2, 0.25) is 5.91 Å². The Bertz CT molecular complexity index is 369. The van der Waals surface area contributed by atoms with Gasteiger partial charge in [-0.25, -0.2) is 4.79 Å². The molecule has 0 spiro atoms. The molecular weight excluding hydrogens is 280 g/mol. The van der Waals surface area contributed by atoms with E-state index >= 15 is 0 Å². The minimum Gasteiger partial charge on any atom is -0.444 e. The van der Waals surface area contributed by atoms with E-state index in [-0.39, 0.29) is 18.0 Å². The zero-order valence-corrected chi connectivity index (χ0v) is 14.8. The van der Waals surface area contributed by atoms with Gasteiger partial charge in [-0.3, -0.25) is 4.79 Å². The Morgan fingerprint density at radius 1 is 1.27 bits per heavy atom. The molecule has 1 saturated heterocycles. The smallest absolute Gasteiger partial charge is 0.410 e. The minimum atomic E-state index is -0.455. The zero-order chi connectivity index (χ0) is 16.8. The van der Waals surface area contributed by atoms with Crippen LogP contribution in [0.3, 0.4) is 0 Å². The molecule has 0 aromatic carbocycles. The lowest BCUT2D eigenvalue weighted by molar-refractivity contribution is -0.122. The summed E-state index contributed by atoms with van der Waals surface area (Å²) in [7, 11) is 0. The third kappa shape index (κ3) is 7.14. The molecule has 1 atom stereocenters. The third-order valence-electron chi connectivity index (χ3n) is 3.87. The van der Waals surface area contributed by atoms with Gasteiger partial charge in [-0.1, -0.05) is 13.3 Å². The fourth-order valence-electron chi connectivity index (χ4n) is 2.75. The first-order chi connectivity index (χ1) is 10.2. The topological polar surface area (TPSA) is 58.6 Å². The molecule has 0 radical (unpaired) electrons. The molecule has 0 bridgehead atoms. The quantitative estimate of drug-likeness (QED) is 0.847. The van der Waals surface area contributed by atoms with Gasteiger partial charge in [0.15, 0.2) is 0 Å². The van der Waals surface area contributed by atoms with Gasteiger partial charge in [-0.2, -0.15) is 0 Å². The summed E-state index contributed by atoms with van der Waals surface area (Å²) in [5, 5.41) is 3.05. The van der Waals surface area contributed by atoms with E-state index in [1.807, 2.05) is 27.7 Å². The Kier molecular flexibility index (Phi) is 7.17. The lowest BCUT2D eigenvalue weighted by atomic mass is 9.93. The molecule has 128 valence electrons. The second-order valence-electron chi connectivity index (χ2n) is 7.37. The second kappa shape index (κ2) is 8.39. The van der Waals surface area contributed by atoms with Gasteiger partial charge in [0, 0.05) is 25.6 Å². The van der Waals surface area contributed by atoms with Crippen molar-refractivity contribution in [2.24, 2.45) is 5.92 Å². The summed E-state index contributed by atoms with van der Waals surface area (Å²) in [6, 6.07) is 0.249. The van der Waals surface area contributed by atoms with E-state index in [1.54, 1.807) is 4.90 Å². The fraction of sp³-hybridized carbons (Fsp3) is 0.882. The standard InChI is InChI=1S/C17H32N2O3/c1-6-7-13(2)18-15(20)12-14-8-10-19(11-9-14)16(21)22-17(3,4)5/h13-14H,6-12H2,1-5H3,(H,18,20). The fourth-order valence-corrected chi connectivity index (χ4v) is 2.75. The Hall–Kier alpha value is -1.26. The maximum absolute atomic E-state index is 12.0. The Labute approximate surface area is 134 Å². The van der Waals surface area contributed by atoms with Crippen molar-refractivity contribution in [1.29, 1.82) is 0 Å². The minimum absolute atomic E-state index is 0.136. The van der Waals surface area contributed by atoms with Gasteiger partial charge in [0.1, 0.15) is 5.60 Å². The van der Waals surface area contributed by atoms with E-state index in [1.165, 1.54) is 0 Å². The molecule has 0 aliphatic carbocycles. The Morgan fingerprint density at radius 2 is 1.86 bits per heavy atom. The molecule has 1 unspecified atom stereocenters. The number of hydrogen-bond acceptors (Lipinski definition) is 3. The molecule has 0 saturated carbocycles. The van der Waals surface area contributed by atoms with Gasteiger partial charge in [0.25, 0.3) is 0 Å². The number of nitrogens with one attached hydrogen (secondary N) is 1. The van der Waals surface area contributed by atoms with Gasteiger partial charge >= 0.3 is 6.09 Å². The van der Waals surface area contributed by atoms with Crippen LogP contribution in [0.5, 0.6) is 0 Å². The maximum Gasteiger partial charge on any atom is 0.410 e. The van der Waals surface area contributed by atoms with Gasteiger partial charge < -0.3 is 15.0 Å². The molecule has 0 aromatic rings. The van der Waals surface area contributed by atoms with Crippen LogP contribution in [-0.4, -0.2) is 41.6 Å². The number of amides is 2.